The first-order chi connectivity index (χ1) is 9.85. The minimum absolute atomic E-state index is 0.143. The van der Waals surface area contributed by atoms with Crippen LogP contribution in [0.3, 0.4) is 0 Å². The lowest BCUT2D eigenvalue weighted by atomic mass is 9.98. The SMILES string of the molecule is CNC(C)c1ccc2c(c1)CCCN2S(=O)(=O)CC(C)C. The molecular formula is C16H26N2O2S. The molecule has 1 heterocycles. The Morgan fingerprint density at radius 3 is 2.62 bits per heavy atom. The van der Waals surface area contributed by atoms with Crippen molar-refractivity contribution < 1.29 is 8.42 Å². The first kappa shape index (κ1) is 16.3. The molecule has 0 aromatic heterocycles. The third-order valence-corrected chi connectivity index (χ3v) is 6.13. The summed E-state index contributed by atoms with van der Waals surface area (Å²) in [6.45, 7) is 6.60. The van der Waals surface area contributed by atoms with Gasteiger partial charge in [-0.2, -0.15) is 0 Å². The number of sulfonamides is 1. The van der Waals surface area contributed by atoms with Crippen LogP contribution in [0.15, 0.2) is 18.2 Å². The first-order valence-corrected chi connectivity index (χ1v) is 9.26. The third-order valence-electron chi connectivity index (χ3n) is 3.99. The van der Waals surface area contributed by atoms with Crippen LogP contribution in [-0.4, -0.2) is 27.8 Å². The van der Waals surface area contributed by atoms with Crippen molar-refractivity contribution in [2.45, 2.75) is 39.7 Å². The van der Waals surface area contributed by atoms with Gasteiger partial charge in [0.05, 0.1) is 11.4 Å². The average Bonchev–Trinajstić information content (AvgIpc) is 2.43. The van der Waals surface area contributed by atoms with Crippen molar-refractivity contribution in [3.63, 3.8) is 0 Å². The Hall–Kier alpha value is -1.07. The molecule has 1 aliphatic heterocycles. The van der Waals surface area contributed by atoms with Crippen molar-refractivity contribution in [3.8, 4) is 0 Å². The number of hydrogen-bond donors (Lipinski definition) is 1. The number of fused-ring (bicyclic) bond motifs is 1. The second-order valence-corrected chi connectivity index (χ2v) is 8.18. The van der Waals surface area contributed by atoms with E-state index in [4.69, 9.17) is 0 Å². The minimum atomic E-state index is -3.22. The summed E-state index contributed by atoms with van der Waals surface area (Å²) < 4.78 is 26.7. The highest BCUT2D eigenvalue weighted by Gasteiger charge is 2.28. The van der Waals surface area contributed by atoms with E-state index in [9.17, 15) is 8.42 Å². The van der Waals surface area contributed by atoms with Crippen molar-refractivity contribution in [2.24, 2.45) is 5.92 Å². The van der Waals surface area contributed by atoms with Crippen LogP contribution in [0.4, 0.5) is 5.69 Å². The van der Waals surface area contributed by atoms with Crippen molar-refractivity contribution >= 4 is 15.7 Å². The van der Waals surface area contributed by atoms with E-state index >= 15 is 0 Å². The molecule has 5 heteroatoms. The van der Waals surface area contributed by atoms with Gasteiger partial charge in [0.1, 0.15) is 0 Å². The second kappa shape index (κ2) is 6.36. The van der Waals surface area contributed by atoms with Crippen LogP contribution >= 0.6 is 0 Å². The van der Waals surface area contributed by atoms with Gasteiger partial charge in [0.2, 0.25) is 10.0 Å². The maximum absolute atomic E-state index is 12.5. The first-order valence-electron chi connectivity index (χ1n) is 7.65. The summed E-state index contributed by atoms with van der Waals surface area (Å²) >= 11 is 0. The van der Waals surface area contributed by atoms with E-state index in [-0.39, 0.29) is 17.7 Å². The summed E-state index contributed by atoms with van der Waals surface area (Å²) in [7, 11) is -1.28. The van der Waals surface area contributed by atoms with E-state index < -0.39 is 10.0 Å². The minimum Gasteiger partial charge on any atom is -0.313 e. The highest BCUT2D eigenvalue weighted by Crippen LogP contribution is 2.32. The standard InChI is InChI=1S/C16H26N2O2S/c1-12(2)11-21(19,20)18-9-5-6-15-10-14(13(3)17-4)7-8-16(15)18/h7-8,10,12-13,17H,5-6,9,11H2,1-4H3. The van der Waals surface area contributed by atoms with Crippen LogP contribution in [0.25, 0.3) is 0 Å². The van der Waals surface area contributed by atoms with Gasteiger partial charge in [-0.3, -0.25) is 4.31 Å². The lowest BCUT2D eigenvalue weighted by Gasteiger charge is -2.31. The Kier molecular flexibility index (Phi) is 4.94. The summed E-state index contributed by atoms with van der Waals surface area (Å²) in [5.74, 6) is 0.352. The summed E-state index contributed by atoms with van der Waals surface area (Å²) in [6.07, 6.45) is 1.84. The predicted octanol–water partition coefficient (Wildman–Crippen LogP) is 2.71. The van der Waals surface area contributed by atoms with Gasteiger partial charge in [0.15, 0.2) is 0 Å². The molecule has 0 spiro atoms. The number of benzene rings is 1. The molecule has 0 saturated carbocycles. The van der Waals surface area contributed by atoms with E-state index in [0.717, 1.165) is 24.1 Å². The molecule has 0 aliphatic carbocycles. The summed E-state index contributed by atoms with van der Waals surface area (Å²) in [5.41, 5.74) is 3.22. The van der Waals surface area contributed by atoms with Gasteiger partial charge in [-0.25, -0.2) is 8.42 Å². The molecular weight excluding hydrogens is 284 g/mol. The predicted molar refractivity (Wildman–Crippen MR) is 88.2 cm³/mol. The number of anilines is 1. The van der Waals surface area contributed by atoms with Gasteiger partial charge in [-0.05, 0) is 49.9 Å². The zero-order valence-electron chi connectivity index (χ0n) is 13.4. The Balaban J connectivity index is 2.36. The van der Waals surface area contributed by atoms with E-state index in [1.54, 1.807) is 4.31 Å². The Morgan fingerprint density at radius 1 is 1.29 bits per heavy atom. The number of nitrogens with one attached hydrogen (secondary N) is 1. The van der Waals surface area contributed by atoms with Crippen molar-refractivity contribution in [2.75, 3.05) is 23.7 Å². The molecule has 0 radical (unpaired) electrons. The third kappa shape index (κ3) is 3.58. The van der Waals surface area contributed by atoms with Crippen LogP contribution in [0, 0.1) is 5.92 Å². The summed E-state index contributed by atoms with van der Waals surface area (Å²) in [4.78, 5) is 0. The van der Waals surface area contributed by atoms with Gasteiger partial charge >= 0.3 is 0 Å². The molecule has 4 nitrogen and oxygen atoms in total. The Labute approximate surface area is 128 Å². The van der Waals surface area contributed by atoms with Gasteiger partial charge < -0.3 is 5.32 Å². The van der Waals surface area contributed by atoms with E-state index in [0.29, 0.717) is 6.54 Å². The molecule has 2 rings (SSSR count). The molecule has 1 N–H and O–H groups in total. The van der Waals surface area contributed by atoms with Crippen LogP contribution < -0.4 is 9.62 Å². The Bertz CT molecular complexity index is 596. The van der Waals surface area contributed by atoms with Gasteiger partial charge in [-0.1, -0.05) is 26.0 Å². The quantitative estimate of drug-likeness (QED) is 0.909. The van der Waals surface area contributed by atoms with E-state index in [1.165, 1.54) is 5.56 Å². The maximum Gasteiger partial charge on any atom is 0.235 e. The maximum atomic E-state index is 12.5. The van der Waals surface area contributed by atoms with Crippen molar-refractivity contribution in [1.82, 2.24) is 5.32 Å². The average molecular weight is 310 g/mol. The zero-order chi connectivity index (χ0) is 15.6. The molecule has 118 valence electrons. The normalized spacial score (nSPS) is 16.9. The van der Waals surface area contributed by atoms with Crippen molar-refractivity contribution in [1.29, 1.82) is 0 Å². The van der Waals surface area contributed by atoms with E-state index in [1.807, 2.05) is 33.0 Å². The fourth-order valence-electron chi connectivity index (χ4n) is 2.82. The highest BCUT2D eigenvalue weighted by molar-refractivity contribution is 7.92. The van der Waals surface area contributed by atoms with Gasteiger partial charge in [0, 0.05) is 12.6 Å². The highest BCUT2D eigenvalue weighted by atomic mass is 32.2. The van der Waals surface area contributed by atoms with Crippen LogP contribution in [-0.2, 0) is 16.4 Å². The number of rotatable bonds is 5. The molecule has 1 unspecified atom stereocenters. The monoisotopic (exact) mass is 310 g/mol. The Morgan fingerprint density at radius 2 is 2.00 bits per heavy atom. The number of hydrogen-bond acceptors (Lipinski definition) is 3. The molecule has 0 saturated heterocycles. The molecule has 0 bridgehead atoms. The summed E-state index contributed by atoms with van der Waals surface area (Å²) in [5, 5.41) is 3.22. The number of aryl methyl sites for hydroxylation is 1. The largest absolute Gasteiger partial charge is 0.313 e. The molecule has 1 aromatic rings. The molecule has 0 fully saturated rings. The molecule has 1 aliphatic rings. The smallest absolute Gasteiger partial charge is 0.235 e. The number of nitrogens with zero attached hydrogens (tertiary/aromatic N) is 1. The topological polar surface area (TPSA) is 49.4 Å². The fourth-order valence-corrected chi connectivity index (χ4v) is 4.73. The van der Waals surface area contributed by atoms with Gasteiger partial charge in [-0.15, -0.1) is 0 Å². The van der Waals surface area contributed by atoms with Crippen LogP contribution in [0.1, 0.15) is 44.4 Å². The second-order valence-electron chi connectivity index (χ2n) is 6.25. The molecule has 0 amide bonds. The molecule has 1 atom stereocenters. The zero-order valence-corrected chi connectivity index (χ0v) is 14.2. The van der Waals surface area contributed by atoms with Crippen molar-refractivity contribution in [3.05, 3.63) is 29.3 Å². The van der Waals surface area contributed by atoms with Crippen LogP contribution in [0.2, 0.25) is 0 Å². The van der Waals surface area contributed by atoms with Gasteiger partial charge in [0.25, 0.3) is 0 Å². The lowest BCUT2D eigenvalue weighted by molar-refractivity contribution is 0.573. The van der Waals surface area contributed by atoms with E-state index in [2.05, 4.69) is 18.3 Å². The molecule has 21 heavy (non-hydrogen) atoms. The molecule has 1 aromatic carbocycles. The summed E-state index contributed by atoms with van der Waals surface area (Å²) in [6, 6.07) is 6.42. The lowest BCUT2D eigenvalue weighted by Crippen LogP contribution is -2.38. The van der Waals surface area contributed by atoms with Crippen LogP contribution in [0.5, 0.6) is 0 Å². The fraction of sp³-hybridized carbons (Fsp3) is 0.625.